The van der Waals surface area contributed by atoms with E-state index in [0.717, 1.165) is 0 Å². The van der Waals surface area contributed by atoms with Crippen molar-refractivity contribution in [1.82, 2.24) is 9.80 Å². The van der Waals surface area contributed by atoms with Gasteiger partial charge in [-0.15, -0.1) is 0 Å². The molecule has 116 valence electrons. The molecule has 1 heterocycles. The first-order valence-electron chi connectivity index (χ1n) is 7.17. The molecule has 22 heavy (non-hydrogen) atoms. The van der Waals surface area contributed by atoms with Gasteiger partial charge in [-0.25, -0.2) is 0 Å². The smallest absolute Gasteiger partial charge is 0.264 e. The summed E-state index contributed by atoms with van der Waals surface area (Å²) in [5.41, 5.74) is 0.671. The highest BCUT2D eigenvalue weighted by Gasteiger charge is 2.23. The van der Waals surface area contributed by atoms with E-state index in [9.17, 15) is 15.2 Å². The van der Waals surface area contributed by atoms with Gasteiger partial charge < -0.3 is 15.1 Å². The number of β-amino-alcohol motifs (C(OH)–C–C–N with tert-alkyl or cyclic N) is 1. The lowest BCUT2D eigenvalue weighted by Crippen LogP contribution is -2.49. The van der Waals surface area contributed by atoms with Gasteiger partial charge in [0.15, 0.2) is 0 Å². The van der Waals surface area contributed by atoms with Gasteiger partial charge in [0.2, 0.25) is 0 Å². The Labute approximate surface area is 129 Å². The molecule has 1 aliphatic rings. The van der Waals surface area contributed by atoms with Crippen LogP contribution < -0.4 is 0 Å². The number of hydrogen-bond acceptors (Lipinski definition) is 5. The zero-order chi connectivity index (χ0) is 15.9. The summed E-state index contributed by atoms with van der Waals surface area (Å²) < 4.78 is 0. The fourth-order valence-corrected chi connectivity index (χ4v) is 2.41. The number of aromatic hydroxyl groups is 1. The summed E-state index contributed by atoms with van der Waals surface area (Å²) in [6, 6.07) is 8.36. The van der Waals surface area contributed by atoms with Crippen LogP contribution in [0, 0.1) is 11.3 Å². The van der Waals surface area contributed by atoms with Crippen molar-refractivity contribution in [2.24, 2.45) is 0 Å². The molecule has 0 atom stereocenters. The number of piperazine rings is 1. The van der Waals surface area contributed by atoms with Gasteiger partial charge >= 0.3 is 0 Å². The van der Waals surface area contributed by atoms with E-state index in [4.69, 9.17) is 5.11 Å². The molecular formula is C16H19N3O3. The van der Waals surface area contributed by atoms with E-state index in [0.29, 0.717) is 38.3 Å². The molecule has 0 radical (unpaired) electrons. The van der Waals surface area contributed by atoms with Gasteiger partial charge in [-0.3, -0.25) is 9.69 Å². The van der Waals surface area contributed by atoms with E-state index in [-0.39, 0.29) is 23.8 Å². The first kappa shape index (κ1) is 16.0. The Balaban J connectivity index is 2.06. The zero-order valence-corrected chi connectivity index (χ0v) is 12.3. The number of nitriles is 1. The molecule has 0 spiro atoms. The van der Waals surface area contributed by atoms with Gasteiger partial charge in [-0.2, -0.15) is 5.26 Å². The first-order valence-corrected chi connectivity index (χ1v) is 7.17. The fraction of sp³-hybridized carbons (Fsp3) is 0.375. The first-order chi connectivity index (χ1) is 10.6. The summed E-state index contributed by atoms with van der Waals surface area (Å²) >= 11 is 0. The van der Waals surface area contributed by atoms with E-state index >= 15 is 0 Å². The van der Waals surface area contributed by atoms with Gasteiger partial charge in [0.05, 0.1) is 6.61 Å². The van der Waals surface area contributed by atoms with Crippen molar-refractivity contribution in [3.05, 3.63) is 35.4 Å². The lowest BCUT2D eigenvalue weighted by Gasteiger charge is -2.34. The highest BCUT2D eigenvalue weighted by Crippen LogP contribution is 2.15. The van der Waals surface area contributed by atoms with Crippen LogP contribution in [0.1, 0.15) is 5.56 Å². The second-order valence-electron chi connectivity index (χ2n) is 5.12. The third-order valence-electron chi connectivity index (χ3n) is 3.61. The maximum atomic E-state index is 12.4. The molecule has 6 heteroatoms. The molecular weight excluding hydrogens is 282 g/mol. The SMILES string of the molecule is N#C/C(=C\c1cccc(O)c1)C(=O)N1CCN(CCO)CC1. The summed E-state index contributed by atoms with van der Waals surface area (Å²) in [7, 11) is 0. The van der Waals surface area contributed by atoms with Crippen molar-refractivity contribution in [2.45, 2.75) is 0 Å². The average Bonchev–Trinajstić information content (AvgIpc) is 2.53. The van der Waals surface area contributed by atoms with E-state index in [1.807, 2.05) is 6.07 Å². The maximum Gasteiger partial charge on any atom is 0.264 e. The van der Waals surface area contributed by atoms with Crippen molar-refractivity contribution in [3.63, 3.8) is 0 Å². The number of amides is 1. The molecule has 0 unspecified atom stereocenters. The van der Waals surface area contributed by atoms with Crippen LogP contribution in [0.2, 0.25) is 0 Å². The molecule has 0 bridgehead atoms. The number of aliphatic hydroxyl groups is 1. The predicted octanol–water partition coefficient (Wildman–Crippen LogP) is 0.436. The van der Waals surface area contributed by atoms with Crippen molar-refractivity contribution in [1.29, 1.82) is 5.26 Å². The highest BCUT2D eigenvalue weighted by atomic mass is 16.3. The number of carbonyl (C=O) groups excluding carboxylic acids is 1. The largest absolute Gasteiger partial charge is 0.508 e. The van der Waals surface area contributed by atoms with Crippen LogP contribution in [-0.2, 0) is 4.79 Å². The number of benzene rings is 1. The van der Waals surface area contributed by atoms with Gasteiger partial charge in [-0.05, 0) is 23.8 Å². The molecule has 1 amide bonds. The minimum absolute atomic E-state index is 0.0567. The molecule has 2 rings (SSSR count). The third kappa shape index (κ3) is 4.07. The number of carbonyl (C=O) groups is 1. The van der Waals surface area contributed by atoms with Crippen molar-refractivity contribution >= 4 is 12.0 Å². The highest BCUT2D eigenvalue weighted by molar-refractivity contribution is 6.01. The Kier molecular flexibility index (Phi) is 5.53. The molecule has 1 fully saturated rings. The van der Waals surface area contributed by atoms with Crippen LogP contribution >= 0.6 is 0 Å². The number of rotatable bonds is 4. The van der Waals surface area contributed by atoms with Crippen LogP contribution in [-0.4, -0.2) is 65.3 Å². The summed E-state index contributed by atoms with van der Waals surface area (Å²) in [6.07, 6.45) is 1.49. The van der Waals surface area contributed by atoms with Crippen LogP contribution in [0.4, 0.5) is 0 Å². The van der Waals surface area contributed by atoms with Gasteiger partial charge in [-0.1, -0.05) is 12.1 Å². The third-order valence-corrected chi connectivity index (χ3v) is 3.61. The van der Waals surface area contributed by atoms with Crippen molar-refractivity contribution < 1.29 is 15.0 Å². The normalized spacial score (nSPS) is 16.4. The lowest BCUT2D eigenvalue weighted by atomic mass is 10.1. The molecule has 0 saturated carbocycles. The van der Waals surface area contributed by atoms with E-state index in [1.54, 1.807) is 17.0 Å². The summed E-state index contributed by atoms with van der Waals surface area (Å²) in [5, 5.41) is 27.6. The Morgan fingerprint density at radius 1 is 1.32 bits per heavy atom. The number of aliphatic hydroxyl groups excluding tert-OH is 1. The van der Waals surface area contributed by atoms with Crippen molar-refractivity contribution in [2.75, 3.05) is 39.3 Å². The Morgan fingerprint density at radius 3 is 2.64 bits per heavy atom. The molecule has 0 aromatic heterocycles. The van der Waals surface area contributed by atoms with E-state index < -0.39 is 0 Å². The minimum Gasteiger partial charge on any atom is -0.508 e. The van der Waals surface area contributed by atoms with Gasteiger partial charge in [0.25, 0.3) is 5.91 Å². The van der Waals surface area contributed by atoms with Crippen LogP contribution in [0.3, 0.4) is 0 Å². The van der Waals surface area contributed by atoms with Gasteiger partial charge in [0, 0.05) is 32.7 Å². The molecule has 2 N–H and O–H groups in total. The number of hydrogen-bond donors (Lipinski definition) is 2. The number of phenols is 1. The molecule has 1 aromatic rings. The summed E-state index contributed by atoms with van der Waals surface area (Å²) in [4.78, 5) is 16.1. The monoisotopic (exact) mass is 301 g/mol. The predicted molar refractivity (Wildman–Crippen MR) is 81.8 cm³/mol. The number of phenolic OH excluding ortho intramolecular Hbond substituents is 1. The molecule has 1 aliphatic heterocycles. The van der Waals surface area contributed by atoms with E-state index in [1.165, 1.54) is 18.2 Å². The van der Waals surface area contributed by atoms with Crippen molar-refractivity contribution in [3.8, 4) is 11.8 Å². The second-order valence-corrected chi connectivity index (χ2v) is 5.12. The molecule has 0 aliphatic carbocycles. The Hall–Kier alpha value is -2.36. The van der Waals surface area contributed by atoms with E-state index in [2.05, 4.69) is 4.90 Å². The average molecular weight is 301 g/mol. The molecule has 1 aromatic carbocycles. The quantitative estimate of drug-likeness (QED) is 0.622. The number of nitrogens with zero attached hydrogens (tertiary/aromatic N) is 3. The topological polar surface area (TPSA) is 87.8 Å². The fourth-order valence-electron chi connectivity index (χ4n) is 2.41. The minimum atomic E-state index is -0.297. The summed E-state index contributed by atoms with van der Waals surface area (Å²) in [5.74, 6) is -0.203. The molecule has 6 nitrogen and oxygen atoms in total. The Morgan fingerprint density at radius 2 is 2.05 bits per heavy atom. The van der Waals surface area contributed by atoms with Gasteiger partial charge in [0.1, 0.15) is 17.4 Å². The lowest BCUT2D eigenvalue weighted by molar-refractivity contribution is -0.128. The van der Waals surface area contributed by atoms with Crippen LogP contribution in [0.5, 0.6) is 5.75 Å². The Bertz CT molecular complexity index is 599. The zero-order valence-electron chi connectivity index (χ0n) is 12.3. The second kappa shape index (κ2) is 7.59. The summed E-state index contributed by atoms with van der Waals surface area (Å²) in [6.45, 7) is 3.17. The standard InChI is InChI=1S/C16H19N3O3/c17-12-14(10-13-2-1-3-15(21)11-13)16(22)19-6-4-18(5-7-19)8-9-20/h1-3,10-11,20-21H,4-9H2/b14-10+. The van der Waals surface area contributed by atoms with Crippen LogP contribution in [0.15, 0.2) is 29.8 Å². The maximum absolute atomic E-state index is 12.4. The van der Waals surface area contributed by atoms with Crippen LogP contribution in [0.25, 0.3) is 6.08 Å². The molecule has 1 saturated heterocycles.